The predicted octanol–water partition coefficient (Wildman–Crippen LogP) is 0.915. The average Bonchev–Trinajstić information content (AvgIpc) is 2.73. The van der Waals surface area contributed by atoms with Crippen LogP contribution in [-0.2, 0) is 23.9 Å². The molecule has 180 valence electrons. The van der Waals surface area contributed by atoms with Crippen LogP contribution < -0.4 is 16.0 Å². The van der Waals surface area contributed by atoms with E-state index in [0.29, 0.717) is 18.6 Å². The highest BCUT2D eigenvalue weighted by molar-refractivity contribution is 8.76. The number of hydrogen-bond donors (Lipinski definition) is 4. The molecule has 0 radical (unpaired) electrons. The van der Waals surface area contributed by atoms with Gasteiger partial charge >= 0.3 is 5.97 Å². The Balaban J connectivity index is 2.43. The molecule has 2 rings (SSSR count). The third-order valence-electron chi connectivity index (χ3n) is 5.47. The Bertz CT molecular complexity index is 720. The Morgan fingerprint density at radius 3 is 2.59 bits per heavy atom. The highest BCUT2D eigenvalue weighted by atomic mass is 33.1. The first-order valence-electron chi connectivity index (χ1n) is 10.9. The molecule has 2 aliphatic heterocycles. The SMILES string of the molecule is CC[C@@H](C)[C@H]1NC(=O)[C@H]2CSSCC/C=C\[C@H](CC(=O)N[C@H](C)C(=O)N2)OC(=O)C[C@@H]1O. The number of aliphatic hydroxyl groups excluding tert-OH is 1. The number of allylic oxidation sites excluding steroid dienone is 1. The first-order valence-corrected chi connectivity index (χ1v) is 13.4. The summed E-state index contributed by atoms with van der Waals surface area (Å²) < 4.78 is 5.46. The van der Waals surface area contributed by atoms with Gasteiger partial charge in [0.15, 0.2) is 0 Å². The molecule has 0 spiro atoms. The molecule has 0 saturated carbocycles. The largest absolute Gasteiger partial charge is 0.457 e. The molecule has 4 N–H and O–H groups in total. The van der Waals surface area contributed by atoms with Crippen LogP contribution in [0.25, 0.3) is 0 Å². The number of carbonyl (C=O) groups is 4. The van der Waals surface area contributed by atoms with Crippen molar-refractivity contribution in [1.82, 2.24) is 16.0 Å². The van der Waals surface area contributed by atoms with E-state index in [4.69, 9.17) is 4.74 Å². The third kappa shape index (κ3) is 8.32. The molecule has 0 aromatic rings. The highest BCUT2D eigenvalue weighted by Gasteiger charge is 2.33. The van der Waals surface area contributed by atoms with Gasteiger partial charge in [-0.2, -0.15) is 0 Å². The first-order chi connectivity index (χ1) is 15.2. The summed E-state index contributed by atoms with van der Waals surface area (Å²) in [6.45, 7) is 5.33. The monoisotopic (exact) mass is 487 g/mol. The van der Waals surface area contributed by atoms with E-state index in [9.17, 15) is 24.3 Å². The Labute approximate surface area is 196 Å². The minimum atomic E-state index is -1.17. The van der Waals surface area contributed by atoms with Gasteiger partial charge < -0.3 is 25.8 Å². The lowest BCUT2D eigenvalue weighted by Gasteiger charge is -2.30. The van der Waals surface area contributed by atoms with Gasteiger partial charge in [0.2, 0.25) is 17.7 Å². The van der Waals surface area contributed by atoms with Crippen molar-refractivity contribution in [2.75, 3.05) is 11.5 Å². The molecule has 0 unspecified atom stereocenters. The second-order valence-corrected chi connectivity index (χ2v) is 10.7. The second-order valence-electron chi connectivity index (χ2n) is 8.10. The van der Waals surface area contributed by atoms with Crippen LogP contribution in [0.15, 0.2) is 12.2 Å². The van der Waals surface area contributed by atoms with Gasteiger partial charge in [-0.3, -0.25) is 19.2 Å². The lowest BCUT2D eigenvalue weighted by atomic mass is 9.92. The van der Waals surface area contributed by atoms with Crippen LogP contribution in [0.1, 0.15) is 46.5 Å². The number of esters is 1. The summed E-state index contributed by atoms with van der Waals surface area (Å²) in [5, 5.41) is 18.9. The van der Waals surface area contributed by atoms with Crippen molar-refractivity contribution in [1.29, 1.82) is 0 Å². The summed E-state index contributed by atoms with van der Waals surface area (Å²) >= 11 is 0. The first kappa shape index (κ1) is 26.5. The van der Waals surface area contributed by atoms with Gasteiger partial charge in [0, 0.05) is 11.5 Å². The molecule has 2 heterocycles. The quantitative estimate of drug-likeness (QED) is 0.257. The maximum atomic E-state index is 13.1. The number of amides is 3. The number of aliphatic hydroxyl groups is 1. The molecule has 0 aliphatic carbocycles. The molecule has 32 heavy (non-hydrogen) atoms. The average molecular weight is 488 g/mol. The molecule has 11 heteroatoms. The van der Waals surface area contributed by atoms with Crippen molar-refractivity contribution < 1.29 is 29.0 Å². The van der Waals surface area contributed by atoms with Crippen LogP contribution in [0, 0.1) is 5.92 Å². The van der Waals surface area contributed by atoms with E-state index in [2.05, 4.69) is 16.0 Å². The van der Waals surface area contributed by atoms with Gasteiger partial charge in [-0.05, 0) is 25.3 Å². The van der Waals surface area contributed by atoms with Crippen LogP contribution >= 0.6 is 21.6 Å². The fraction of sp³-hybridized carbons (Fsp3) is 0.714. The van der Waals surface area contributed by atoms with E-state index < -0.39 is 54.0 Å². The van der Waals surface area contributed by atoms with Gasteiger partial charge in [0.1, 0.15) is 18.2 Å². The minimum absolute atomic E-state index is 0.118. The number of rotatable bonds is 2. The van der Waals surface area contributed by atoms with Gasteiger partial charge in [-0.15, -0.1) is 0 Å². The van der Waals surface area contributed by atoms with Crippen LogP contribution in [0.3, 0.4) is 0 Å². The van der Waals surface area contributed by atoms with Crippen LogP contribution in [-0.4, -0.2) is 70.6 Å². The Morgan fingerprint density at radius 1 is 1.12 bits per heavy atom. The second kappa shape index (κ2) is 13.1. The molecule has 1 saturated heterocycles. The number of hydrogen-bond acceptors (Lipinski definition) is 8. The third-order valence-corrected chi connectivity index (χ3v) is 7.91. The minimum Gasteiger partial charge on any atom is -0.457 e. The lowest BCUT2D eigenvalue weighted by Crippen LogP contribution is -2.57. The molecular weight excluding hydrogens is 454 g/mol. The van der Waals surface area contributed by atoms with E-state index in [0.717, 1.165) is 5.75 Å². The summed E-state index contributed by atoms with van der Waals surface area (Å²) in [4.78, 5) is 50.7. The van der Waals surface area contributed by atoms with Crippen molar-refractivity contribution in [3.05, 3.63) is 12.2 Å². The topological polar surface area (TPSA) is 134 Å². The standard InChI is InChI=1S/C21H33N3O6S2/c1-4-12(2)19-16(25)10-18(27)30-14-7-5-6-8-31-32-11-15(21(29)24-19)23-20(28)13(3)22-17(26)9-14/h5,7,12-16,19,25H,4,6,8-11H2,1-3H3,(H,22,26)(H,23,28)(H,24,29)/b7-5-/t12-,13-,14-,15-,16+,19-/m1/s1. The maximum Gasteiger partial charge on any atom is 0.309 e. The van der Waals surface area contributed by atoms with Gasteiger partial charge in [-0.1, -0.05) is 47.9 Å². The Morgan fingerprint density at radius 2 is 1.88 bits per heavy atom. The number of nitrogens with one attached hydrogen (secondary N) is 3. The summed E-state index contributed by atoms with van der Waals surface area (Å²) in [6, 6.07) is -2.42. The van der Waals surface area contributed by atoms with Crippen molar-refractivity contribution in [3.8, 4) is 0 Å². The number of fused-ring (bicyclic) bond motifs is 7. The van der Waals surface area contributed by atoms with Crippen LogP contribution in [0.5, 0.6) is 0 Å². The van der Waals surface area contributed by atoms with Gasteiger partial charge in [-0.25, -0.2) is 0 Å². The predicted molar refractivity (Wildman–Crippen MR) is 125 cm³/mol. The van der Waals surface area contributed by atoms with Crippen molar-refractivity contribution in [2.45, 2.75) is 76.8 Å². The Kier molecular flexibility index (Phi) is 10.9. The summed E-state index contributed by atoms with van der Waals surface area (Å²) in [5.74, 6) is -1.09. The van der Waals surface area contributed by atoms with E-state index in [-0.39, 0.29) is 18.8 Å². The number of ether oxygens (including phenoxy) is 1. The zero-order valence-corrected chi connectivity index (χ0v) is 20.3. The fourth-order valence-corrected chi connectivity index (χ4v) is 5.52. The zero-order valence-electron chi connectivity index (χ0n) is 18.7. The smallest absolute Gasteiger partial charge is 0.309 e. The summed E-state index contributed by atoms with van der Waals surface area (Å²) in [7, 11) is 3.03. The van der Waals surface area contributed by atoms with Crippen LogP contribution in [0.2, 0.25) is 0 Å². The van der Waals surface area contributed by atoms with E-state index in [1.54, 1.807) is 16.9 Å². The normalized spacial score (nSPS) is 33.3. The molecule has 0 aromatic carbocycles. The maximum absolute atomic E-state index is 13.1. The molecule has 9 nitrogen and oxygen atoms in total. The van der Waals surface area contributed by atoms with Gasteiger partial charge in [0.25, 0.3) is 0 Å². The fourth-order valence-electron chi connectivity index (χ4n) is 3.37. The van der Waals surface area contributed by atoms with Crippen molar-refractivity contribution >= 4 is 45.3 Å². The summed E-state index contributed by atoms with van der Waals surface area (Å²) in [6.07, 6.45) is 2.41. The number of carbonyl (C=O) groups excluding carboxylic acids is 4. The Hall–Kier alpha value is -1.72. The van der Waals surface area contributed by atoms with E-state index >= 15 is 0 Å². The molecular formula is C21H33N3O6S2. The molecule has 1 fully saturated rings. The molecule has 3 amide bonds. The van der Waals surface area contributed by atoms with Crippen molar-refractivity contribution in [3.63, 3.8) is 0 Å². The van der Waals surface area contributed by atoms with E-state index in [1.807, 2.05) is 19.9 Å². The van der Waals surface area contributed by atoms with E-state index in [1.165, 1.54) is 17.7 Å². The lowest BCUT2D eigenvalue weighted by molar-refractivity contribution is -0.151. The van der Waals surface area contributed by atoms with Gasteiger partial charge in [0.05, 0.1) is 25.0 Å². The summed E-state index contributed by atoms with van der Waals surface area (Å²) in [5.41, 5.74) is 0. The highest BCUT2D eigenvalue weighted by Crippen LogP contribution is 2.24. The molecule has 0 aromatic heterocycles. The van der Waals surface area contributed by atoms with Crippen LogP contribution in [0.4, 0.5) is 0 Å². The molecule has 6 atom stereocenters. The molecule has 2 aliphatic rings. The zero-order chi connectivity index (χ0) is 23.7. The van der Waals surface area contributed by atoms with Crippen molar-refractivity contribution in [2.24, 2.45) is 5.92 Å². The molecule has 2 bridgehead atoms.